The van der Waals surface area contributed by atoms with Gasteiger partial charge in [-0.3, -0.25) is 14.6 Å². The summed E-state index contributed by atoms with van der Waals surface area (Å²) in [6.07, 6.45) is 1.65. The van der Waals surface area contributed by atoms with Crippen molar-refractivity contribution < 1.29 is 14.3 Å². The molecule has 0 aliphatic rings. The summed E-state index contributed by atoms with van der Waals surface area (Å²) >= 11 is 0. The Balaban J connectivity index is 2.58. The van der Waals surface area contributed by atoms with E-state index in [1.165, 1.54) is 19.1 Å². The lowest BCUT2D eigenvalue weighted by atomic mass is 10.1. The zero-order chi connectivity index (χ0) is 15.6. The van der Waals surface area contributed by atoms with Crippen LogP contribution in [0.25, 0.3) is 10.9 Å². The van der Waals surface area contributed by atoms with E-state index in [-0.39, 0.29) is 5.91 Å². The molecule has 0 spiro atoms. The summed E-state index contributed by atoms with van der Waals surface area (Å²) in [5.74, 6) is -0.469. The molecule has 0 radical (unpaired) electrons. The van der Waals surface area contributed by atoms with E-state index in [0.717, 1.165) is 0 Å². The number of carbonyl (C=O) groups excluding carboxylic acids is 2. The molecule has 0 saturated heterocycles. The number of hydrogen-bond acceptors (Lipinski definition) is 4. The number of ether oxygens (including phenoxy) is 1. The van der Waals surface area contributed by atoms with Gasteiger partial charge >= 0.3 is 0 Å². The summed E-state index contributed by atoms with van der Waals surface area (Å²) in [7, 11) is 3.03. The Kier molecular flexibility index (Phi) is 4.07. The molecule has 6 nitrogen and oxygen atoms in total. The number of aromatic nitrogens is 1. The molecule has 1 aromatic carbocycles. The standard InChI is InChI=1S/C15H17N3O3/c1-9(14(16)19)18(2)15(20)13-10-5-4-8-17-11(10)6-7-12(13)21-3/h4-9H,1-3H3,(H2,16,19). The van der Waals surface area contributed by atoms with Crippen LogP contribution in [0.3, 0.4) is 0 Å². The van der Waals surface area contributed by atoms with Crippen LogP contribution in [-0.4, -0.2) is 41.9 Å². The maximum atomic E-state index is 12.7. The normalized spacial score (nSPS) is 12.0. The van der Waals surface area contributed by atoms with E-state index in [1.54, 1.807) is 37.4 Å². The molecule has 0 fully saturated rings. The van der Waals surface area contributed by atoms with Crippen LogP contribution < -0.4 is 10.5 Å². The highest BCUT2D eigenvalue weighted by Crippen LogP contribution is 2.28. The number of benzene rings is 1. The maximum absolute atomic E-state index is 12.7. The fourth-order valence-electron chi connectivity index (χ4n) is 2.07. The molecule has 21 heavy (non-hydrogen) atoms. The highest BCUT2D eigenvalue weighted by atomic mass is 16.5. The Morgan fingerprint density at radius 3 is 2.67 bits per heavy atom. The van der Waals surface area contributed by atoms with Crippen LogP contribution in [0.5, 0.6) is 5.75 Å². The minimum Gasteiger partial charge on any atom is -0.496 e. The minimum absolute atomic E-state index is 0.336. The van der Waals surface area contributed by atoms with Gasteiger partial charge in [-0.2, -0.15) is 0 Å². The van der Waals surface area contributed by atoms with Gasteiger partial charge in [0.2, 0.25) is 5.91 Å². The van der Waals surface area contributed by atoms with Crippen molar-refractivity contribution >= 4 is 22.7 Å². The van der Waals surface area contributed by atoms with Crippen LogP contribution in [0.15, 0.2) is 30.5 Å². The predicted molar refractivity (Wildman–Crippen MR) is 79.0 cm³/mol. The quantitative estimate of drug-likeness (QED) is 0.915. The number of pyridine rings is 1. The topological polar surface area (TPSA) is 85.5 Å². The summed E-state index contributed by atoms with van der Waals surface area (Å²) in [4.78, 5) is 29.5. The summed E-state index contributed by atoms with van der Waals surface area (Å²) in [6, 6.07) is 6.29. The van der Waals surface area contributed by atoms with Crippen LogP contribution >= 0.6 is 0 Å². The molecular weight excluding hydrogens is 270 g/mol. The first-order chi connectivity index (χ1) is 9.97. The lowest BCUT2D eigenvalue weighted by Gasteiger charge is -2.23. The van der Waals surface area contributed by atoms with Crippen molar-refractivity contribution in [1.82, 2.24) is 9.88 Å². The molecule has 0 aliphatic heterocycles. The molecule has 0 bridgehead atoms. The zero-order valence-electron chi connectivity index (χ0n) is 12.2. The highest BCUT2D eigenvalue weighted by molar-refractivity contribution is 6.09. The number of primary amides is 1. The van der Waals surface area contributed by atoms with Crippen molar-refractivity contribution in [3.05, 3.63) is 36.0 Å². The van der Waals surface area contributed by atoms with E-state index in [9.17, 15) is 9.59 Å². The third kappa shape index (κ3) is 2.65. The molecule has 1 unspecified atom stereocenters. The van der Waals surface area contributed by atoms with Gasteiger partial charge in [0.25, 0.3) is 5.91 Å². The number of hydrogen-bond donors (Lipinski definition) is 1. The summed E-state index contributed by atoms with van der Waals surface area (Å²) in [5, 5.41) is 0.672. The molecule has 2 rings (SSSR count). The maximum Gasteiger partial charge on any atom is 0.258 e. The highest BCUT2D eigenvalue weighted by Gasteiger charge is 2.25. The van der Waals surface area contributed by atoms with Crippen molar-refractivity contribution in [3.63, 3.8) is 0 Å². The average Bonchev–Trinajstić information content (AvgIpc) is 2.51. The van der Waals surface area contributed by atoms with Crippen LogP contribution in [0.1, 0.15) is 17.3 Å². The summed E-state index contributed by atoms with van der Waals surface area (Å²) < 4.78 is 5.27. The second kappa shape index (κ2) is 5.78. The van der Waals surface area contributed by atoms with Gasteiger partial charge in [-0.1, -0.05) is 6.07 Å². The van der Waals surface area contributed by atoms with E-state index in [2.05, 4.69) is 4.98 Å². The first-order valence-corrected chi connectivity index (χ1v) is 6.45. The number of fused-ring (bicyclic) bond motifs is 1. The smallest absolute Gasteiger partial charge is 0.258 e. The molecule has 6 heteroatoms. The Morgan fingerprint density at radius 2 is 2.05 bits per heavy atom. The molecule has 1 heterocycles. The monoisotopic (exact) mass is 287 g/mol. The number of methoxy groups -OCH3 is 1. The van der Waals surface area contributed by atoms with Crippen molar-refractivity contribution in [2.45, 2.75) is 13.0 Å². The van der Waals surface area contributed by atoms with Crippen LogP contribution in [-0.2, 0) is 4.79 Å². The van der Waals surface area contributed by atoms with Crippen molar-refractivity contribution in [1.29, 1.82) is 0 Å². The molecule has 0 aliphatic carbocycles. The van der Waals surface area contributed by atoms with Gasteiger partial charge < -0.3 is 15.4 Å². The van der Waals surface area contributed by atoms with Gasteiger partial charge in [0.1, 0.15) is 11.8 Å². The van der Waals surface area contributed by atoms with Gasteiger partial charge in [0, 0.05) is 18.6 Å². The Morgan fingerprint density at radius 1 is 1.33 bits per heavy atom. The second-order valence-corrected chi connectivity index (χ2v) is 4.71. The number of nitrogens with two attached hydrogens (primary N) is 1. The Hall–Kier alpha value is -2.63. The lowest BCUT2D eigenvalue weighted by Crippen LogP contribution is -2.43. The van der Waals surface area contributed by atoms with Crippen molar-refractivity contribution in [2.75, 3.05) is 14.2 Å². The number of amides is 2. The Labute approximate surface area is 122 Å². The Bertz CT molecular complexity index is 700. The molecule has 1 atom stereocenters. The first kappa shape index (κ1) is 14.8. The number of carbonyl (C=O) groups is 2. The van der Waals surface area contributed by atoms with Crippen molar-refractivity contribution in [2.24, 2.45) is 5.73 Å². The van der Waals surface area contributed by atoms with Gasteiger partial charge in [0.05, 0.1) is 18.2 Å². The van der Waals surface area contributed by atoms with E-state index in [0.29, 0.717) is 22.2 Å². The number of nitrogens with zero attached hydrogens (tertiary/aromatic N) is 2. The van der Waals surface area contributed by atoms with Gasteiger partial charge in [-0.15, -0.1) is 0 Å². The molecule has 110 valence electrons. The van der Waals surface area contributed by atoms with E-state index in [4.69, 9.17) is 10.5 Å². The SMILES string of the molecule is COc1ccc2ncccc2c1C(=O)N(C)C(C)C(N)=O. The zero-order valence-corrected chi connectivity index (χ0v) is 12.2. The fraction of sp³-hybridized carbons (Fsp3) is 0.267. The first-order valence-electron chi connectivity index (χ1n) is 6.45. The summed E-state index contributed by atoms with van der Waals surface area (Å²) in [6.45, 7) is 1.58. The van der Waals surface area contributed by atoms with Crippen LogP contribution in [0.2, 0.25) is 0 Å². The molecular formula is C15H17N3O3. The second-order valence-electron chi connectivity index (χ2n) is 4.71. The van der Waals surface area contributed by atoms with Crippen LogP contribution in [0.4, 0.5) is 0 Å². The fourth-order valence-corrected chi connectivity index (χ4v) is 2.07. The average molecular weight is 287 g/mol. The molecule has 2 aromatic rings. The van der Waals surface area contributed by atoms with Gasteiger partial charge in [-0.25, -0.2) is 0 Å². The minimum atomic E-state index is -0.714. The molecule has 0 saturated carbocycles. The predicted octanol–water partition coefficient (Wildman–Crippen LogP) is 1.19. The number of rotatable bonds is 4. The van der Waals surface area contributed by atoms with Gasteiger partial charge in [-0.05, 0) is 25.1 Å². The molecule has 2 N–H and O–H groups in total. The number of likely N-dealkylation sites (N-methyl/N-ethyl adjacent to an activating group) is 1. The largest absolute Gasteiger partial charge is 0.496 e. The molecule has 1 aromatic heterocycles. The van der Waals surface area contributed by atoms with Crippen LogP contribution in [0, 0.1) is 0 Å². The molecule has 2 amide bonds. The summed E-state index contributed by atoms with van der Waals surface area (Å²) in [5.41, 5.74) is 6.32. The third-order valence-corrected chi connectivity index (χ3v) is 3.49. The van der Waals surface area contributed by atoms with E-state index in [1.807, 2.05) is 0 Å². The van der Waals surface area contributed by atoms with Gasteiger partial charge in [0.15, 0.2) is 0 Å². The van der Waals surface area contributed by atoms with E-state index >= 15 is 0 Å². The third-order valence-electron chi connectivity index (χ3n) is 3.49. The van der Waals surface area contributed by atoms with E-state index < -0.39 is 11.9 Å². The lowest BCUT2D eigenvalue weighted by molar-refractivity contribution is -0.121. The van der Waals surface area contributed by atoms with Crippen molar-refractivity contribution in [3.8, 4) is 5.75 Å².